The van der Waals surface area contributed by atoms with E-state index in [1.165, 1.54) is 205 Å². The van der Waals surface area contributed by atoms with Crippen molar-refractivity contribution < 1.29 is 9.53 Å². The summed E-state index contributed by atoms with van der Waals surface area (Å²) >= 11 is 0. The number of carbonyl (C=O) groups excluding carboxylic acids is 1. The van der Waals surface area contributed by atoms with Crippen LogP contribution in [0.1, 0.15) is 239 Å². The molecule has 0 unspecified atom stereocenters. The third-order valence-corrected chi connectivity index (χ3v) is 9.43. The molecule has 0 aliphatic carbocycles. The van der Waals surface area contributed by atoms with Crippen LogP contribution in [-0.2, 0) is 9.53 Å². The highest BCUT2D eigenvalue weighted by molar-refractivity contribution is 5.72. The lowest BCUT2D eigenvalue weighted by Gasteiger charge is -2.15. The molecule has 0 aliphatic heterocycles. The molecule has 2 nitrogen and oxygen atoms in total. The van der Waals surface area contributed by atoms with Gasteiger partial charge in [-0.05, 0) is 19.8 Å². The highest BCUT2D eigenvalue weighted by Gasteiger charge is 2.18. The molecule has 0 radical (unpaired) electrons. The summed E-state index contributed by atoms with van der Waals surface area (Å²) < 4.78 is 5.42. The molecule has 0 rings (SSSR count). The van der Waals surface area contributed by atoms with Gasteiger partial charge in [0.15, 0.2) is 0 Å². The molecular formula is C40H80O2. The van der Waals surface area contributed by atoms with E-state index in [0.29, 0.717) is 6.61 Å². The van der Waals surface area contributed by atoms with E-state index in [-0.39, 0.29) is 11.9 Å². The first kappa shape index (κ1) is 41.5. The maximum absolute atomic E-state index is 12.5. The van der Waals surface area contributed by atoms with Crippen LogP contribution in [0, 0.1) is 5.92 Å². The van der Waals surface area contributed by atoms with Crippen LogP contribution < -0.4 is 0 Å². The average Bonchev–Trinajstić information content (AvgIpc) is 2.99. The monoisotopic (exact) mass is 593 g/mol. The summed E-state index contributed by atoms with van der Waals surface area (Å²) in [6.07, 6.45) is 46.8. The van der Waals surface area contributed by atoms with E-state index in [9.17, 15) is 4.79 Å². The van der Waals surface area contributed by atoms with Gasteiger partial charge < -0.3 is 4.74 Å². The van der Waals surface area contributed by atoms with Gasteiger partial charge >= 0.3 is 5.97 Å². The molecule has 0 heterocycles. The van der Waals surface area contributed by atoms with Crippen molar-refractivity contribution in [2.45, 2.75) is 239 Å². The molecule has 0 atom stereocenters. The number of unbranched alkanes of at least 4 members (excludes halogenated alkanes) is 30. The summed E-state index contributed by atoms with van der Waals surface area (Å²) in [6, 6.07) is 0. The number of ether oxygens (including phenoxy) is 1. The van der Waals surface area contributed by atoms with Gasteiger partial charge in [0.05, 0.1) is 12.5 Å². The van der Waals surface area contributed by atoms with Crippen LogP contribution in [0.25, 0.3) is 0 Å². The Morgan fingerprint density at radius 3 is 0.786 bits per heavy atom. The van der Waals surface area contributed by atoms with Gasteiger partial charge in [-0.25, -0.2) is 0 Å². The van der Waals surface area contributed by atoms with Crippen molar-refractivity contribution in [1.29, 1.82) is 0 Å². The summed E-state index contributed by atoms with van der Waals surface area (Å²) in [5.41, 5.74) is 0. The summed E-state index contributed by atoms with van der Waals surface area (Å²) in [4.78, 5) is 12.5. The van der Waals surface area contributed by atoms with Gasteiger partial charge in [0.2, 0.25) is 0 Å². The fraction of sp³-hybridized carbons (Fsp3) is 0.975. The van der Waals surface area contributed by atoms with Crippen molar-refractivity contribution in [2.75, 3.05) is 6.61 Å². The largest absolute Gasteiger partial charge is 0.466 e. The number of hydrogen-bond acceptors (Lipinski definition) is 2. The Morgan fingerprint density at radius 1 is 0.357 bits per heavy atom. The molecule has 0 spiro atoms. The van der Waals surface area contributed by atoms with Crippen molar-refractivity contribution >= 4 is 5.97 Å². The second-order valence-corrected chi connectivity index (χ2v) is 13.6. The molecule has 2 heteroatoms. The Kier molecular flexibility index (Phi) is 36.2. The van der Waals surface area contributed by atoms with Crippen LogP contribution in [-0.4, -0.2) is 12.6 Å². The van der Waals surface area contributed by atoms with Crippen LogP contribution in [0.3, 0.4) is 0 Å². The summed E-state index contributed by atoms with van der Waals surface area (Å²) in [6.45, 7) is 7.06. The Balaban J connectivity index is 3.57. The number of esters is 1. The third kappa shape index (κ3) is 32.4. The zero-order chi connectivity index (χ0) is 30.6. The van der Waals surface area contributed by atoms with Gasteiger partial charge in [-0.3, -0.25) is 4.79 Å². The second-order valence-electron chi connectivity index (χ2n) is 13.6. The van der Waals surface area contributed by atoms with Crippen molar-refractivity contribution in [1.82, 2.24) is 0 Å². The first-order valence-corrected chi connectivity index (χ1v) is 19.9. The molecule has 0 aromatic rings. The third-order valence-electron chi connectivity index (χ3n) is 9.43. The maximum Gasteiger partial charge on any atom is 0.308 e. The summed E-state index contributed by atoms with van der Waals surface area (Å²) in [5.74, 6) is 0.211. The molecule has 42 heavy (non-hydrogen) atoms. The molecule has 0 aromatic heterocycles. The van der Waals surface area contributed by atoms with Crippen molar-refractivity contribution in [3.05, 3.63) is 0 Å². The Hall–Kier alpha value is -0.530. The first-order chi connectivity index (χ1) is 20.8. The van der Waals surface area contributed by atoms with Gasteiger partial charge in [0, 0.05) is 0 Å². The van der Waals surface area contributed by atoms with E-state index in [0.717, 1.165) is 12.8 Å². The number of carbonyl (C=O) groups is 1. The lowest BCUT2D eigenvalue weighted by atomic mass is 9.94. The molecule has 0 aliphatic rings. The zero-order valence-corrected chi connectivity index (χ0v) is 29.6. The molecule has 0 fully saturated rings. The van der Waals surface area contributed by atoms with Crippen molar-refractivity contribution in [3.8, 4) is 0 Å². The molecule has 252 valence electrons. The standard InChI is InChI=1S/C40H80O2/c1-4-7-9-11-13-15-17-19-21-23-25-27-29-31-33-35-37-39(40(41)42-6-3)38-36-34-32-30-28-26-24-22-20-18-16-14-12-10-8-5-2/h39H,4-38H2,1-3H3. The van der Waals surface area contributed by atoms with Crippen LogP contribution in [0.5, 0.6) is 0 Å². The van der Waals surface area contributed by atoms with E-state index < -0.39 is 0 Å². The Labute approximate surface area is 266 Å². The molecule has 0 N–H and O–H groups in total. The minimum absolute atomic E-state index is 0.0689. The van der Waals surface area contributed by atoms with E-state index in [1.54, 1.807) is 0 Å². The minimum atomic E-state index is 0.0689. The fourth-order valence-corrected chi connectivity index (χ4v) is 6.52. The first-order valence-electron chi connectivity index (χ1n) is 19.9. The topological polar surface area (TPSA) is 26.3 Å². The van der Waals surface area contributed by atoms with Crippen molar-refractivity contribution in [3.63, 3.8) is 0 Å². The van der Waals surface area contributed by atoms with Crippen molar-refractivity contribution in [2.24, 2.45) is 5.92 Å². The van der Waals surface area contributed by atoms with Crippen LogP contribution in [0.15, 0.2) is 0 Å². The van der Waals surface area contributed by atoms with Crippen LogP contribution in [0.4, 0.5) is 0 Å². The van der Waals surface area contributed by atoms with Crippen LogP contribution in [0.2, 0.25) is 0 Å². The van der Waals surface area contributed by atoms with E-state index in [1.807, 2.05) is 6.92 Å². The number of rotatable bonds is 36. The molecule has 0 amide bonds. The van der Waals surface area contributed by atoms with Gasteiger partial charge in [0.25, 0.3) is 0 Å². The highest BCUT2D eigenvalue weighted by Crippen LogP contribution is 2.21. The zero-order valence-electron chi connectivity index (χ0n) is 29.6. The summed E-state index contributed by atoms with van der Waals surface area (Å²) in [7, 11) is 0. The molecule has 0 saturated carbocycles. The lowest BCUT2D eigenvalue weighted by Crippen LogP contribution is -2.18. The van der Waals surface area contributed by atoms with Gasteiger partial charge in [-0.15, -0.1) is 0 Å². The van der Waals surface area contributed by atoms with Gasteiger partial charge in [-0.1, -0.05) is 219 Å². The summed E-state index contributed by atoms with van der Waals surface area (Å²) in [5, 5.41) is 0. The van der Waals surface area contributed by atoms with E-state index >= 15 is 0 Å². The van der Waals surface area contributed by atoms with E-state index in [2.05, 4.69) is 13.8 Å². The molecule has 0 saturated heterocycles. The van der Waals surface area contributed by atoms with Gasteiger partial charge in [-0.2, -0.15) is 0 Å². The van der Waals surface area contributed by atoms with Crippen LogP contribution >= 0.6 is 0 Å². The quantitative estimate of drug-likeness (QED) is 0.0534. The predicted molar refractivity (Wildman–Crippen MR) is 188 cm³/mol. The fourth-order valence-electron chi connectivity index (χ4n) is 6.52. The average molecular weight is 593 g/mol. The normalized spacial score (nSPS) is 11.5. The lowest BCUT2D eigenvalue weighted by molar-refractivity contribution is -0.148. The highest BCUT2D eigenvalue weighted by atomic mass is 16.5. The van der Waals surface area contributed by atoms with Gasteiger partial charge in [0.1, 0.15) is 0 Å². The minimum Gasteiger partial charge on any atom is -0.466 e. The van der Waals surface area contributed by atoms with E-state index in [4.69, 9.17) is 4.74 Å². The predicted octanol–water partition coefficient (Wildman–Crippen LogP) is 14.5. The Morgan fingerprint density at radius 2 is 0.571 bits per heavy atom. The smallest absolute Gasteiger partial charge is 0.308 e. The number of hydrogen-bond donors (Lipinski definition) is 0. The Bertz CT molecular complexity index is 466. The molecule has 0 aromatic carbocycles. The SMILES string of the molecule is CCCCCCCCCCCCCCCCCCC(CCCCCCCCCCCCCCCCCC)C(=O)OCC. The molecular weight excluding hydrogens is 512 g/mol. The second kappa shape index (κ2) is 36.7. The molecule has 0 bridgehead atoms. The maximum atomic E-state index is 12.5.